The van der Waals surface area contributed by atoms with E-state index in [1.54, 1.807) is 0 Å². The zero-order chi connectivity index (χ0) is 20.5. The van der Waals surface area contributed by atoms with E-state index in [0.717, 1.165) is 11.6 Å². The van der Waals surface area contributed by atoms with Crippen LogP contribution < -0.4 is 16.4 Å². The first-order chi connectivity index (χ1) is 13.4. The van der Waals surface area contributed by atoms with Crippen LogP contribution in [-0.4, -0.2) is 29.3 Å². The maximum Gasteiger partial charge on any atom is 0.293 e. The number of benzene rings is 2. The molecule has 2 rings (SSSR count). The molecule has 4 N–H and O–H groups in total. The van der Waals surface area contributed by atoms with Gasteiger partial charge in [0.1, 0.15) is 11.7 Å². The fourth-order valence-corrected chi connectivity index (χ4v) is 2.55. The van der Waals surface area contributed by atoms with E-state index in [9.17, 15) is 19.7 Å². The van der Waals surface area contributed by atoms with Gasteiger partial charge in [-0.05, 0) is 17.7 Å². The Morgan fingerprint density at radius 3 is 2.54 bits per heavy atom. The first kappa shape index (κ1) is 20.4. The van der Waals surface area contributed by atoms with Crippen LogP contribution in [0.3, 0.4) is 0 Å². The molecule has 0 aliphatic rings. The molecule has 9 heteroatoms. The van der Waals surface area contributed by atoms with E-state index in [2.05, 4.69) is 10.6 Å². The maximum absolute atomic E-state index is 12.6. The lowest BCUT2D eigenvalue weighted by Crippen LogP contribution is -2.42. The van der Waals surface area contributed by atoms with Crippen LogP contribution in [0, 0.1) is 21.4 Å². The number of nitriles is 1. The van der Waals surface area contributed by atoms with Crippen LogP contribution in [0.2, 0.25) is 0 Å². The van der Waals surface area contributed by atoms with Gasteiger partial charge in [0.05, 0.1) is 16.6 Å². The minimum atomic E-state index is -0.832. The molecule has 0 saturated heterocycles. The number of primary amides is 1. The zero-order valence-corrected chi connectivity index (χ0v) is 14.9. The SMILES string of the molecule is N#Cc1ccc(N[C@H](Cc2ccccc2)C(=O)NCCC(N)=O)c([N+](=O)[O-])c1. The third kappa shape index (κ3) is 5.81. The molecule has 144 valence electrons. The highest BCUT2D eigenvalue weighted by Gasteiger charge is 2.23. The van der Waals surface area contributed by atoms with Crippen LogP contribution in [0.15, 0.2) is 48.5 Å². The summed E-state index contributed by atoms with van der Waals surface area (Å²) < 4.78 is 0. The van der Waals surface area contributed by atoms with Gasteiger partial charge in [0.15, 0.2) is 0 Å². The van der Waals surface area contributed by atoms with Crippen molar-refractivity contribution >= 4 is 23.2 Å². The highest BCUT2D eigenvalue weighted by Crippen LogP contribution is 2.26. The molecule has 2 amide bonds. The van der Waals surface area contributed by atoms with Gasteiger partial charge in [0, 0.05) is 25.5 Å². The smallest absolute Gasteiger partial charge is 0.293 e. The number of nitrogens with two attached hydrogens (primary N) is 1. The number of rotatable bonds is 9. The summed E-state index contributed by atoms with van der Waals surface area (Å²) in [6, 6.07) is 14.1. The number of amides is 2. The molecule has 0 saturated carbocycles. The van der Waals surface area contributed by atoms with Crippen molar-refractivity contribution in [2.24, 2.45) is 5.73 Å². The van der Waals surface area contributed by atoms with E-state index >= 15 is 0 Å². The molecule has 1 atom stereocenters. The average molecular weight is 381 g/mol. The van der Waals surface area contributed by atoms with E-state index in [1.165, 1.54) is 12.1 Å². The summed E-state index contributed by atoms with van der Waals surface area (Å²) in [5, 5.41) is 25.8. The minimum Gasteiger partial charge on any atom is -0.370 e. The predicted octanol–water partition coefficient (Wildman–Crippen LogP) is 1.48. The molecule has 0 aliphatic carbocycles. The lowest BCUT2D eigenvalue weighted by molar-refractivity contribution is -0.384. The van der Waals surface area contributed by atoms with Crippen molar-refractivity contribution in [1.29, 1.82) is 5.26 Å². The summed E-state index contributed by atoms with van der Waals surface area (Å²) in [5.74, 6) is -0.973. The molecule has 2 aromatic rings. The number of anilines is 1. The molecule has 0 heterocycles. The molecule has 0 radical (unpaired) electrons. The van der Waals surface area contributed by atoms with Crippen molar-refractivity contribution in [3.05, 3.63) is 69.8 Å². The van der Waals surface area contributed by atoms with Gasteiger partial charge in [0.2, 0.25) is 11.8 Å². The fraction of sp³-hybridized carbons (Fsp3) is 0.211. The van der Waals surface area contributed by atoms with Crippen LogP contribution in [0.4, 0.5) is 11.4 Å². The largest absolute Gasteiger partial charge is 0.370 e. The Morgan fingerprint density at radius 2 is 1.93 bits per heavy atom. The number of nitro benzene ring substituents is 1. The standard InChI is InChI=1S/C19H19N5O4/c20-12-14-6-7-15(17(11-14)24(27)28)23-16(10-13-4-2-1-3-5-13)19(26)22-9-8-18(21)25/h1-7,11,16,23H,8-10H2,(H2,21,25)(H,22,26)/t16-/m1/s1. The Labute approximate surface area is 161 Å². The monoisotopic (exact) mass is 381 g/mol. The summed E-state index contributed by atoms with van der Waals surface area (Å²) >= 11 is 0. The number of nitrogens with zero attached hydrogens (tertiary/aromatic N) is 2. The lowest BCUT2D eigenvalue weighted by Gasteiger charge is -2.19. The Bertz CT molecular complexity index is 908. The van der Waals surface area contributed by atoms with Crippen LogP contribution in [0.25, 0.3) is 0 Å². The van der Waals surface area contributed by atoms with Crippen molar-refractivity contribution in [2.45, 2.75) is 18.9 Å². The van der Waals surface area contributed by atoms with Gasteiger partial charge in [-0.15, -0.1) is 0 Å². The van der Waals surface area contributed by atoms with Gasteiger partial charge in [-0.2, -0.15) is 5.26 Å². The normalized spacial score (nSPS) is 11.1. The first-order valence-corrected chi connectivity index (χ1v) is 8.45. The van der Waals surface area contributed by atoms with Crippen LogP contribution >= 0.6 is 0 Å². The molecule has 0 unspecified atom stereocenters. The molecule has 9 nitrogen and oxygen atoms in total. The third-order valence-corrected chi connectivity index (χ3v) is 3.92. The molecular formula is C19H19N5O4. The van der Waals surface area contributed by atoms with Gasteiger partial charge in [-0.25, -0.2) is 0 Å². The van der Waals surface area contributed by atoms with E-state index in [1.807, 2.05) is 36.4 Å². The summed E-state index contributed by atoms with van der Waals surface area (Å²) in [6.07, 6.45) is 0.251. The first-order valence-electron chi connectivity index (χ1n) is 8.45. The zero-order valence-electron chi connectivity index (χ0n) is 14.9. The van der Waals surface area contributed by atoms with E-state index in [0.29, 0.717) is 0 Å². The highest BCUT2D eigenvalue weighted by atomic mass is 16.6. The second kappa shape index (κ2) is 9.68. The molecule has 0 aromatic heterocycles. The fourth-order valence-electron chi connectivity index (χ4n) is 2.55. The molecule has 0 bridgehead atoms. The maximum atomic E-state index is 12.6. The predicted molar refractivity (Wildman–Crippen MR) is 102 cm³/mol. The second-order valence-electron chi connectivity index (χ2n) is 5.99. The molecule has 0 spiro atoms. The lowest BCUT2D eigenvalue weighted by atomic mass is 10.0. The van der Waals surface area contributed by atoms with Gasteiger partial charge in [-0.3, -0.25) is 19.7 Å². The van der Waals surface area contributed by atoms with E-state index < -0.39 is 22.8 Å². The average Bonchev–Trinajstić information content (AvgIpc) is 2.68. The summed E-state index contributed by atoms with van der Waals surface area (Å²) in [4.78, 5) is 34.2. The van der Waals surface area contributed by atoms with E-state index in [-0.39, 0.29) is 36.3 Å². The Kier molecular flexibility index (Phi) is 7.05. The second-order valence-corrected chi connectivity index (χ2v) is 5.99. The van der Waals surface area contributed by atoms with Crippen molar-refractivity contribution < 1.29 is 14.5 Å². The van der Waals surface area contributed by atoms with Crippen LogP contribution in [0.1, 0.15) is 17.5 Å². The Balaban J connectivity index is 2.26. The summed E-state index contributed by atoms with van der Waals surface area (Å²) in [6.45, 7) is 0.0661. The number of carbonyl (C=O) groups is 2. The number of nitro groups is 1. The Hall–Kier alpha value is -3.93. The number of hydrogen-bond donors (Lipinski definition) is 3. The molecule has 28 heavy (non-hydrogen) atoms. The van der Waals surface area contributed by atoms with Crippen LogP contribution in [-0.2, 0) is 16.0 Å². The van der Waals surface area contributed by atoms with Crippen molar-refractivity contribution in [1.82, 2.24) is 5.32 Å². The third-order valence-electron chi connectivity index (χ3n) is 3.92. The van der Waals surface area contributed by atoms with E-state index in [4.69, 9.17) is 11.0 Å². The van der Waals surface area contributed by atoms with Crippen molar-refractivity contribution in [3.8, 4) is 6.07 Å². The summed E-state index contributed by atoms with van der Waals surface area (Å²) in [5.41, 5.74) is 5.88. The highest BCUT2D eigenvalue weighted by molar-refractivity contribution is 5.86. The number of nitrogens with one attached hydrogen (secondary N) is 2. The molecule has 0 fully saturated rings. The van der Waals surface area contributed by atoms with Gasteiger partial charge in [0.25, 0.3) is 5.69 Å². The molecular weight excluding hydrogens is 362 g/mol. The summed E-state index contributed by atoms with van der Waals surface area (Å²) in [7, 11) is 0. The Morgan fingerprint density at radius 1 is 1.21 bits per heavy atom. The number of carbonyl (C=O) groups excluding carboxylic acids is 2. The van der Waals surface area contributed by atoms with Gasteiger partial charge in [-0.1, -0.05) is 30.3 Å². The van der Waals surface area contributed by atoms with Crippen molar-refractivity contribution in [2.75, 3.05) is 11.9 Å². The van der Waals surface area contributed by atoms with Crippen molar-refractivity contribution in [3.63, 3.8) is 0 Å². The van der Waals surface area contributed by atoms with Gasteiger partial charge < -0.3 is 16.4 Å². The number of hydrogen-bond acceptors (Lipinski definition) is 6. The van der Waals surface area contributed by atoms with Crippen LogP contribution in [0.5, 0.6) is 0 Å². The minimum absolute atomic E-state index is 0.0131. The quantitative estimate of drug-likeness (QED) is 0.442. The topological polar surface area (TPSA) is 151 Å². The molecule has 2 aromatic carbocycles. The molecule has 0 aliphatic heterocycles. The van der Waals surface area contributed by atoms with Gasteiger partial charge >= 0.3 is 0 Å².